The Hall–Kier alpha value is -1.15. The summed E-state index contributed by atoms with van der Waals surface area (Å²) < 4.78 is 11.1. The first kappa shape index (κ1) is 23.9. The van der Waals surface area contributed by atoms with Crippen LogP contribution in [0.3, 0.4) is 0 Å². The summed E-state index contributed by atoms with van der Waals surface area (Å²) >= 11 is 2.36. The van der Waals surface area contributed by atoms with E-state index in [2.05, 4.69) is 34.7 Å². The summed E-state index contributed by atoms with van der Waals surface area (Å²) in [4.78, 5) is 26.3. The van der Waals surface area contributed by atoms with Crippen LogP contribution in [0.1, 0.15) is 47.1 Å². The third-order valence-electron chi connectivity index (χ3n) is 3.30. The lowest BCUT2D eigenvalue weighted by Gasteiger charge is -2.27. The molecule has 0 heterocycles. The van der Waals surface area contributed by atoms with Gasteiger partial charge in [-0.25, -0.2) is 0 Å². The highest BCUT2D eigenvalue weighted by Gasteiger charge is 2.24. The zero-order valence-electron chi connectivity index (χ0n) is 17.3. The summed E-state index contributed by atoms with van der Waals surface area (Å²) in [6.45, 7) is 11.7. The van der Waals surface area contributed by atoms with Crippen LogP contribution in [0.4, 0.5) is 0 Å². The number of hydrogen-bond donors (Lipinski definition) is 0. The maximum absolute atomic E-state index is 12.3. The Bertz CT molecular complexity index is 575. The Kier molecular flexibility index (Phi) is 9.21. The molecular weight excluding hydrogens is 457 g/mol. The number of ether oxygens (including phenoxy) is 2. The van der Waals surface area contributed by atoms with Gasteiger partial charge in [-0.05, 0) is 53.5 Å². The predicted molar refractivity (Wildman–Crippen MR) is 116 cm³/mol. The summed E-state index contributed by atoms with van der Waals surface area (Å²) in [5.74, 6) is -0.677. The lowest BCUT2D eigenvalue weighted by molar-refractivity contribution is -0.159. The van der Waals surface area contributed by atoms with Crippen molar-refractivity contribution in [2.24, 2.45) is 0 Å². The number of hydrogen-bond acceptors (Lipinski definition) is 5. The smallest absolute Gasteiger partial charge is 0.320 e. The van der Waals surface area contributed by atoms with Crippen molar-refractivity contribution in [3.05, 3.63) is 35.9 Å². The van der Waals surface area contributed by atoms with Crippen molar-refractivity contribution < 1.29 is 19.1 Å². The lowest BCUT2D eigenvalue weighted by Crippen LogP contribution is -2.42. The van der Waals surface area contributed by atoms with Crippen LogP contribution in [0, 0.1) is 0 Å². The van der Waals surface area contributed by atoms with E-state index in [0.717, 1.165) is 6.42 Å². The van der Waals surface area contributed by atoms with Gasteiger partial charge in [0.2, 0.25) is 0 Å². The highest BCUT2D eigenvalue weighted by molar-refractivity contribution is 14.1. The average molecular weight is 489 g/mol. The van der Waals surface area contributed by atoms with E-state index in [1.165, 1.54) is 5.56 Å². The third-order valence-corrected chi connectivity index (χ3v) is 4.14. The first-order chi connectivity index (χ1) is 12.3. The molecular formula is C21H32INO4. The van der Waals surface area contributed by atoms with E-state index in [-0.39, 0.29) is 29.0 Å². The second-order valence-electron chi connectivity index (χ2n) is 8.63. The number of carbonyl (C=O) groups excluding carboxylic acids is 2. The number of carbonyl (C=O) groups is 2. The van der Waals surface area contributed by atoms with Gasteiger partial charge in [0, 0.05) is 10.5 Å². The standard InChI is InChI=1S/C21H32INO4/c1-20(2,3)26-18(24)14-23(15-19(25)27-21(4,5)6)13-17(22)12-16-10-8-7-9-11-16/h7-11,17H,12-15H2,1-6H3/t17-/m1/s1. The molecule has 1 aromatic carbocycles. The minimum atomic E-state index is -0.553. The van der Waals surface area contributed by atoms with Crippen molar-refractivity contribution in [3.63, 3.8) is 0 Å². The molecule has 1 rings (SSSR count). The number of alkyl halides is 1. The van der Waals surface area contributed by atoms with Crippen LogP contribution in [0.25, 0.3) is 0 Å². The topological polar surface area (TPSA) is 55.8 Å². The largest absolute Gasteiger partial charge is 0.459 e. The van der Waals surface area contributed by atoms with Crippen molar-refractivity contribution >= 4 is 34.5 Å². The molecule has 0 fully saturated rings. The zero-order chi connectivity index (χ0) is 20.7. The van der Waals surface area contributed by atoms with Gasteiger partial charge in [0.1, 0.15) is 11.2 Å². The molecule has 0 aliphatic heterocycles. The SMILES string of the molecule is CC(C)(C)OC(=O)CN(CC(=O)OC(C)(C)C)C[C@H](I)Cc1ccccc1. The van der Waals surface area contributed by atoms with E-state index in [4.69, 9.17) is 9.47 Å². The third kappa shape index (κ3) is 12.0. The molecule has 27 heavy (non-hydrogen) atoms. The fraction of sp³-hybridized carbons (Fsp3) is 0.619. The van der Waals surface area contributed by atoms with E-state index in [1.54, 1.807) is 0 Å². The second kappa shape index (κ2) is 10.4. The second-order valence-corrected chi connectivity index (χ2v) is 10.4. The number of halogens is 1. The molecule has 1 atom stereocenters. The van der Waals surface area contributed by atoms with Gasteiger partial charge >= 0.3 is 11.9 Å². The number of nitrogens with zero attached hydrogens (tertiary/aromatic N) is 1. The molecule has 0 saturated heterocycles. The molecule has 0 saturated carbocycles. The fourth-order valence-electron chi connectivity index (χ4n) is 2.51. The minimum Gasteiger partial charge on any atom is -0.459 e. The molecule has 0 aromatic heterocycles. The molecule has 5 nitrogen and oxygen atoms in total. The first-order valence-corrected chi connectivity index (χ1v) is 10.4. The van der Waals surface area contributed by atoms with E-state index in [9.17, 15) is 9.59 Å². The maximum Gasteiger partial charge on any atom is 0.320 e. The Morgan fingerprint density at radius 1 is 0.926 bits per heavy atom. The highest BCUT2D eigenvalue weighted by Crippen LogP contribution is 2.14. The van der Waals surface area contributed by atoms with Gasteiger partial charge in [0.25, 0.3) is 0 Å². The van der Waals surface area contributed by atoms with Gasteiger partial charge in [-0.3, -0.25) is 14.5 Å². The Labute approximate surface area is 176 Å². The van der Waals surface area contributed by atoms with Crippen molar-refractivity contribution in [3.8, 4) is 0 Å². The highest BCUT2D eigenvalue weighted by atomic mass is 127. The van der Waals surface area contributed by atoms with Gasteiger partial charge in [0.05, 0.1) is 13.1 Å². The van der Waals surface area contributed by atoms with Gasteiger partial charge < -0.3 is 9.47 Å². The van der Waals surface area contributed by atoms with Crippen LogP contribution in [-0.2, 0) is 25.5 Å². The van der Waals surface area contributed by atoms with Crippen molar-refractivity contribution in [2.45, 2.75) is 63.1 Å². The summed E-state index contributed by atoms with van der Waals surface area (Å²) in [5, 5.41) is 0. The number of esters is 2. The summed E-state index contributed by atoms with van der Waals surface area (Å²) in [6.07, 6.45) is 0.862. The van der Waals surface area contributed by atoms with E-state index >= 15 is 0 Å². The molecule has 0 unspecified atom stereocenters. The van der Waals surface area contributed by atoms with Gasteiger partial charge in [-0.2, -0.15) is 0 Å². The van der Waals surface area contributed by atoms with Gasteiger partial charge in [-0.15, -0.1) is 0 Å². The molecule has 0 aliphatic rings. The monoisotopic (exact) mass is 489 g/mol. The molecule has 1 aromatic rings. The summed E-state index contributed by atoms with van der Waals surface area (Å²) in [5.41, 5.74) is 0.122. The van der Waals surface area contributed by atoms with Crippen LogP contribution in [0.2, 0.25) is 0 Å². The summed E-state index contributed by atoms with van der Waals surface area (Å²) in [6, 6.07) is 10.2. The van der Waals surface area contributed by atoms with E-state index in [1.807, 2.05) is 64.6 Å². The number of rotatable bonds is 8. The Balaban J connectivity index is 2.73. The van der Waals surface area contributed by atoms with Crippen molar-refractivity contribution in [1.29, 1.82) is 0 Å². The molecule has 0 amide bonds. The lowest BCUT2D eigenvalue weighted by atomic mass is 10.1. The van der Waals surface area contributed by atoms with Crippen LogP contribution in [0.15, 0.2) is 30.3 Å². The molecule has 0 radical (unpaired) electrons. The Morgan fingerprint density at radius 2 is 1.37 bits per heavy atom. The maximum atomic E-state index is 12.3. The molecule has 0 aliphatic carbocycles. The van der Waals surface area contributed by atoms with Crippen LogP contribution >= 0.6 is 22.6 Å². The normalized spacial score (nSPS) is 13.3. The number of benzene rings is 1. The molecule has 152 valence electrons. The van der Waals surface area contributed by atoms with Crippen LogP contribution in [-0.4, -0.2) is 51.6 Å². The first-order valence-electron chi connectivity index (χ1n) is 9.18. The van der Waals surface area contributed by atoms with Crippen LogP contribution in [0.5, 0.6) is 0 Å². The van der Waals surface area contributed by atoms with Gasteiger partial charge in [0.15, 0.2) is 0 Å². The average Bonchev–Trinajstić information content (AvgIpc) is 2.43. The van der Waals surface area contributed by atoms with Crippen molar-refractivity contribution in [1.82, 2.24) is 4.90 Å². The quantitative estimate of drug-likeness (QED) is 0.314. The summed E-state index contributed by atoms with van der Waals surface area (Å²) in [7, 11) is 0. The van der Waals surface area contributed by atoms with Gasteiger partial charge in [-0.1, -0.05) is 52.9 Å². The predicted octanol–water partition coefficient (Wildman–Crippen LogP) is 4.02. The van der Waals surface area contributed by atoms with Crippen molar-refractivity contribution in [2.75, 3.05) is 19.6 Å². The molecule has 0 spiro atoms. The molecule has 0 N–H and O–H groups in total. The molecule has 6 heteroatoms. The van der Waals surface area contributed by atoms with E-state index < -0.39 is 11.2 Å². The van der Waals surface area contributed by atoms with E-state index in [0.29, 0.717) is 6.54 Å². The minimum absolute atomic E-state index is 0.0603. The fourth-order valence-corrected chi connectivity index (χ4v) is 3.58. The molecule has 0 bridgehead atoms. The Morgan fingerprint density at radius 3 is 1.78 bits per heavy atom. The van der Waals surface area contributed by atoms with Crippen LogP contribution < -0.4 is 0 Å². The zero-order valence-corrected chi connectivity index (χ0v) is 19.4.